The fraction of sp³-hybridized carbons (Fsp3) is 0.381. The number of phenols is 1. The van der Waals surface area contributed by atoms with E-state index in [0.717, 1.165) is 41.0 Å². The number of aromatic nitrogens is 1. The molecule has 0 radical (unpaired) electrons. The molecule has 29 heavy (non-hydrogen) atoms. The lowest BCUT2D eigenvalue weighted by Crippen LogP contribution is -2.33. The van der Waals surface area contributed by atoms with Gasteiger partial charge in [-0.25, -0.2) is 4.79 Å². The summed E-state index contributed by atoms with van der Waals surface area (Å²) in [7, 11) is 0. The van der Waals surface area contributed by atoms with Crippen molar-refractivity contribution in [2.75, 3.05) is 11.9 Å². The maximum atomic E-state index is 12.9. The number of hydrogen-bond donors (Lipinski definition) is 2. The molecular formula is C21H25N3O4S. The van der Waals surface area contributed by atoms with Crippen LogP contribution in [0.4, 0.5) is 5.69 Å². The molecule has 0 aliphatic rings. The van der Waals surface area contributed by atoms with Crippen molar-refractivity contribution in [3.63, 3.8) is 0 Å². The molecule has 0 amide bonds. The quantitative estimate of drug-likeness (QED) is 0.530. The highest BCUT2D eigenvalue weighted by molar-refractivity contribution is 7.07. The number of thiazole rings is 1. The number of nitriles is 1. The summed E-state index contributed by atoms with van der Waals surface area (Å²) in [5, 5.41) is 22.4. The van der Waals surface area contributed by atoms with E-state index in [0.29, 0.717) is 15.7 Å². The number of esters is 1. The van der Waals surface area contributed by atoms with Crippen molar-refractivity contribution >= 4 is 34.8 Å². The van der Waals surface area contributed by atoms with E-state index in [-0.39, 0.29) is 23.5 Å². The normalized spacial score (nSPS) is 12.4. The summed E-state index contributed by atoms with van der Waals surface area (Å²) in [4.78, 5) is 25.1. The van der Waals surface area contributed by atoms with Crippen molar-refractivity contribution in [2.24, 2.45) is 0 Å². The van der Waals surface area contributed by atoms with E-state index >= 15 is 0 Å². The largest absolute Gasteiger partial charge is 0.507 e. The van der Waals surface area contributed by atoms with Crippen LogP contribution in [0, 0.1) is 25.2 Å². The zero-order chi connectivity index (χ0) is 21.6. The third-order valence-corrected chi connectivity index (χ3v) is 5.44. The predicted molar refractivity (Wildman–Crippen MR) is 114 cm³/mol. The molecule has 0 unspecified atom stereocenters. The van der Waals surface area contributed by atoms with E-state index in [1.54, 1.807) is 39.1 Å². The van der Waals surface area contributed by atoms with Crippen LogP contribution in [0.2, 0.25) is 0 Å². The molecule has 1 heterocycles. The number of unbranched alkanes of at least 4 members (excludes halogenated alkanes) is 1. The molecule has 0 fully saturated rings. The number of benzene rings is 1. The van der Waals surface area contributed by atoms with Gasteiger partial charge in [-0.05, 0) is 50.5 Å². The number of aryl methyl sites for hydroxylation is 2. The van der Waals surface area contributed by atoms with Crippen LogP contribution in [0.3, 0.4) is 0 Å². The molecular weight excluding hydrogens is 390 g/mol. The van der Waals surface area contributed by atoms with E-state index in [2.05, 4.69) is 5.32 Å². The highest BCUT2D eigenvalue weighted by Crippen LogP contribution is 2.25. The molecule has 2 N–H and O–H groups in total. The first-order chi connectivity index (χ1) is 13.8. The highest BCUT2D eigenvalue weighted by Gasteiger charge is 2.16. The van der Waals surface area contributed by atoms with E-state index in [4.69, 9.17) is 4.74 Å². The second kappa shape index (κ2) is 9.94. The molecule has 0 saturated heterocycles. The Morgan fingerprint density at radius 1 is 1.34 bits per heavy atom. The van der Waals surface area contributed by atoms with Crippen LogP contribution in [0.15, 0.2) is 16.9 Å². The van der Waals surface area contributed by atoms with Crippen molar-refractivity contribution < 1.29 is 14.6 Å². The fourth-order valence-electron chi connectivity index (χ4n) is 2.80. The summed E-state index contributed by atoms with van der Waals surface area (Å²) in [5.74, 6) is -0.496. The number of nitrogens with one attached hydrogen (secondary N) is 1. The van der Waals surface area contributed by atoms with Gasteiger partial charge in [-0.2, -0.15) is 5.26 Å². The van der Waals surface area contributed by atoms with E-state index < -0.39 is 5.97 Å². The zero-order valence-electron chi connectivity index (χ0n) is 17.0. The monoisotopic (exact) mass is 415 g/mol. The van der Waals surface area contributed by atoms with Crippen LogP contribution in [0.1, 0.15) is 37.8 Å². The summed E-state index contributed by atoms with van der Waals surface area (Å²) in [6.07, 6.45) is 3.17. The average molecular weight is 416 g/mol. The topological polar surface area (TPSA) is 104 Å². The van der Waals surface area contributed by atoms with Crippen LogP contribution in [0.5, 0.6) is 5.75 Å². The van der Waals surface area contributed by atoms with Crippen LogP contribution in [-0.2, 0) is 16.1 Å². The summed E-state index contributed by atoms with van der Waals surface area (Å²) in [6.45, 7) is 7.81. The fourth-order valence-corrected chi connectivity index (χ4v) is 3.84. The lowest BCUT2D eigenvalue weighted by molar-refractivity contribution is -0.136. The number of rotatable bonds is 7. The maximum Gasteiger partial charge on any atom is 0.351 e. The van der Waals surface area contributed by atoms with Gasteiger partial charge in [0.2, 0.25) is 0 Å². The summed E-state index contributed by atoms with van der Waals surface area (Å²) >= 11 is 1.08. The second-order valence-electron chi connectivity index (χ2n) is 6.54. The molecule has 2 rings (SSSR count). The second-order valence-corrected chi connectivity index (χ2v) is 7.57. The molecule has 0 spiro atoms. The number of nitrogens with zero attached hydrogens (tertiary/aromatic N) is 2. The van der Waals surface area contributed by atoms with Crippen LogP contribution >= 0.6 is 11.3 Å². The Bertz CT molecular complexity index is 1100. The molecule has 7 nitrogen and oxygen atoms in total. The Hall–Kier alpha value is -3.05. The third kappa shape index (κ3) is 5.06. The van der Waals surface area contributed by atoms with Crippen molar-refractivity contribution in [3.8, 4) is 11.8 Å². The maximum absolute atomic E-state index is 12.9. The minimum Gasteiger partial charge on any atom is -0.507 e. The first-order valence-corrected chi connectivity index (χ1v) is 10.2. The summed E-state index contributed by atoms with van der Waals surface area (Å²) in [6, 6.07) is 5.43. The Balaban J connectivity index is 2.61. The lowest BCUT2D eigenvalue weighted by Gasteiger charge is -2.07. The smallest absolute Gasteiger partial charge is 0.351 e. The number of aromatic hydroxyl groups is 1. The van der Waals surface area contributed by atoms with Gasteiger partial charge in [-0.15, -0.1) is 11.3 Å². The number of carbonyl (C=O) groups excluding carboxylic acids is 1. The van der Waals surface area contributed by atoms with Gasteiger partial charge in [-0.1, -0.05) is 13.3 Å². The number of ether oxygens (including phenoxy) is 1. The minimum atomic E-state index is -0.731. The number of anilines is 1. The molecule has 0 bridgehead atoms. The highest BCUT2D eigenvalue weighted by atomic mass is 32.1. The first kappa shape index (κ1) is 22.2. The molecule has 1 aromatic heterocycles. The van der Waals surface area contributed by atoms with Gasteiger partial charge in [0.25, 0.3) is 5.56 Å². The third-order valence-electron chi connectivity index (χ3n) is 4.31. The van der Waals surface area contributed by atoms with Gasteiger partial charge in [0.15, 0.2) is 5.57 Å². The van der Waals surface area contributed by atoms with E-state index in [9.17, 15) is 20.0 Å². The van der Waals surface area contributed by atoms with Crippen LogP contribution in [0.25, 0.3) is 11.8 Å². The molecule has 1 aromatic carbocycles. The van der Waals surface area contributed by atoms with E-state index in [1.807, 2.05) is 13.0 Å². The van der Waals surface area contributed by atoms with Crippen molar-refractivity contribution in [2.45, 2.75) is 47.1 Å². The standard InChI is InChI=1S/C21H25N3O4S/c1-5-7-8-24-19(26)17(29-20(24)16(11-22)21(27)28-6-2)12-23-15-9-13(3)18(25)14(4)10-15/h9-10,12,23,25H,5-8H2,1-4H3/b17-12+,20-16-. The Kier molecular flexibility index (Phi) is 7.62. The van der Waals surface area contributed by atoms with Crippen molar-refractivity contribution in [1.82, 2.24) is 4.57 Å². The minimum absolute atomic E-state index is 0.147. The van der Waals surface area contributed by atoms with Crippen LogP contribution in [-0.4, -0.2) is 22.2 Å². The molecule has 8 heteroatoms. The zero-order valence-corrected chi connectivity index (χ0v) is 17.9. The average Bonchev–Trinajstić information content (AvgIpc) is 2.99. The molecule has 0 aliphatic heterocycles. The van der Waals surface area contributed by atoms with Crippen molar-refractivity contribution in [1.29, 1.82) is 5.26 Å². The number of hydrogen-bond acceptors (Lipinski definition) is 7. The van der Waals surface area contributed by atoms with Gasteiger partial charge < -0.3 is 15.2 Å². The Morgan fingerprint density at radius 3 is 2.55 bits per heavy atom. The summed E-state index contributed by atoms with van der Waals surface area (Å²) < 4.78 is 7.10. The van der Waals surface area contributed by atoms with Gasteiger partial charge in [0.1, 0.15) is 21.0 Å². The van der Waals surface area contributed by atoms with Gasteiger partial charge >= 0.3 is 5.97 Å². The molecule has 154 valence electrons. The molecule has 0 aliphatic carbocycles. The summed E-state index contributed by atoms with van der Waals surface area (Å²) in [5.41, 5.74) is 1.73. The van der Waals surface area contributed by atoms with Crippen LogP contribution < -0.4 is 20.1 Å². The lowest BCUT2D eigenvalue weighted by atomic mass is 10.1. The SMILES string of the molecule is CCCCn1c(=O)/c(=C\Nc2cc(C)c(O)c(C)c2)s/c1=C(/C#N)C(=O)OCC. The molecule has 2 aromatic rings. The first-order valence-electron chi connectivity index (χ1n) is 9.42. The molecule has 0 atom stereocenters. The van der Waals surface area contributed by atoms with Gasteiger partial charge in [0.05, 0.1) is 6.61 Å². The van der Waals surface area contributed by atoms with Gasteiger partial charge in [0, 0.05) is 18.4 Å². The number of carbonyl (C=O) groups is 1. The Labute approximate surface area is 173 Å². The Morgan fingerprint density at radius 2 is 2.00 bits per heavy atom. The number of phenolic OH excluding ortho intramolecular Hbond substituents is 1. The van der Waals surface area contributed by atoms with E-state index in [1.165, 1.54) is 4.57 Å². The van der Waals surface area contributed by atoms with Crippen molar-refractivity contribution in [3.05, 3.63) is 42.8 Å². The predicted octanol–water partition coefficient (Wildman–Crippen LogP) is 2.12. The molecule has 0 saturated carbocycles. The van der Waals surface area contributed by atoms with Gasteiger partial charge in [-0.3, -0.25) is 9.36 Å².